The Morgan fingerprint density at radius 1 is 1.37 bits per heavy atom. The van der Waals surface area contributed by atoms with Gasteiger partial charge < -0.3 is 10.1 Å². The van der Waals surface area contributed by atoms with Crippen LogP contribution in [0.15, 0.2) is 6.20 Å². The van der Waals surface area contributed by atoms with Gasteiger partial charge in [0, 0.05) is 0 Å². The molecule has 2 heterocycles. The number of ketones is 1. The molecular formula is C16H18N4O6S. The predicted octanol–water partition coefficient (Wildman–Crippen LogP) is 2.49. The predicted molar refractivity (Wildman–Crippen MR) is 97.3 cm³/mol. The van der Waals surface area contributed by atoms with E-state index in [2.05, 4.69) is 10.4 Å². The van der Waals surface area contributed by atoms with Crippen molar-refractivity contribution in [2.75, 3.05) is 11.9 Å². The van der Waals surface area contributed by atoms with E-state index in [1.165, 1.54) is 13.8 Å². The van der Waals surface area contributed by atoms with Crippen molar-refractivity contribution in [2.45, 2.75) is 34.2 Å². The molecule has 0 fully saturated rings. The Bertz CT molecular complexity index is 930. The molecular weight excluding hydrogens is 376 g/mol. The number of hydrogen-bond acceptors (Lipinski definition) is 8. The summed E-state index contributed by atoms with van der Waals surface area (Å²) in [5.74, 6) is -1.42. The highest BCUT2D eigenvalue weighted by Crippen LogP contribution is 2.34. The summed E-state index contributed by atoms with van der Waals surface area (Å²) in [5.41, 5.74) is 0.557. The number of carbonyl (C=O) groups excluding carboxylic acids is 3. The summed E-state index contributed by atoms with van der Waals surface area (Å²) in [6.07, 6.45) is 1.15. The molecule has 27 heavy (non-hydrogen) atoms. The fourth-order valence-corrected chi connectivity index (χ4v) is 3.57. The Hall–Kier alpha value is -3.08. The Morgan fingerprint density at radius 2 is 2.04 bits per heavy atom. The average molecular weight is 394 g/mol. The van der Waals surface area contributed by atoms with Gasteiger partial charge in [-0.3, -0.25) is 24.4 Å². The summed E-state index contributed by atoms with van der Waals surface area (Å²) in [7, 11) is 0. The van der Waals surface area contributed by atoms with E-state index in [4.69, 9.17) is 4.74 Å². The molecule has 0 atom stereocenters. The summed E-state index contributed by atoms with van der Waals surface area (Å²) in [5, 5.41) is 17.6. The Labute approximate surface area is 158 Å². The number of hydrogen-bond donors (Lipinski definition) is 1. The molecule has 1 N–H and O–H groups in total. The van der Waals surface area contributed by atoms with Crippen LogP contribution >= 0.6 is 11.3 Å². The third-order valence-corrected chi connectivity index (χ3v) is 4.93. The third-order valence-electron chi connectivity index (χ3n) is 3.62. The maximum absolute atomic E-state index is 12.3. The molecule has 0 saturated heterocycles. The number of carbonyl (C=O) groups is 3. The molecule has 0 spiro atoms. The number of aromatic nitrogens is 2. The van der Waals surface area contributed by atoms with Gasteiger partial charge in [0.05, 0.1) is 22.0 Å². The van der Waals surface area contributed by atoms with Gasteiger partial charge in [0.15, 0.2) is 5.78 Å². The first-order valence-corrected chi connectivity index (χ1v) is 8.77. The minimum Gasteiger partial charge on any atom is -0.462 e. The largest absolute Gasteiger partial charge is 0.462 e. The van der Waals surface area contributed by atoms with E-state index in [9.17, 15) is 24.5 Å². The maximum Gasteiger partial charge on any atom is 0.341 e. The van der Waals surface area contributed by atoms with E-state index in [-0.39, 0.29) is 40.9 Å². The van der Waals surface area contributed by atoms with Gasteiger partial charge in [0.25, 0.3) is 0 Å². The van der Waals surface area contributed by atoms with Crippen molar-refractivity contribution in [1.82, 2.24) is 9.78 Å². The lowest BCUT2D eigenvalue weighted by atomic mass is 10.1. The molecule has 0 aromatic carbocycles. The fraction of sp³-hybridized carbons (Fsp3) is 0.375. The van der Waals surface area contributed by atoms with Gasteiger partial charge in [0.1, 0.15) is 23.4 Å². The molecule has 0 radical (unpaired) electrons. The fourth-order valence-electron chi connectivity index (χ4n) is 2.47. The van der Waals surface area contributed by atoms with Crippen LogP contribution in [0, 0.1) is 24.0 Å². The lowest BCUT2D eigenvalue weighted by Gasteiger charge is -2.07. The van der Waals surface area contributed by atoms with Gasteiger partial charge in [-0.25, -0.2) is 4.79 Å². The minimum atomic E-state index is -0.639. The van der Waals surface area contributed by atoms with Crippen LogP contribution in [-0.2, 0) is 16.1 Å². The van der Waals surface area contributed by atoms with Crippen molar-refractivity contribution >= 4 is 39.7 Å². The first-order chi connectivity index (χ1) is 12.6. The van der Waals surface area contributed by atoms with Crippen LogP contribution in [0.2, 0.25) is 0 Å². The number of amides is 1. The molecule has 0 aliphatic heterocycles. The first kappa shape index (κ1) is 20.2. The number of rotatable bonds is 7. The van der Waals surface area contributed by atoms with Gasteiger partial charge in [0.2, 0.25) is 5.91 Å². The van der Waals surface area contributed by atoms with Crippen molar-refractivity contribution in [3.63, 3.8) is 0 Å². The zero-order valence-corrected chi connectivity index (χ0v) is 16.0. The standard InChI is InChI=1S/C16H18N4O6S/c1-5-26-16(23)13-8(2)14(10(4)21)27-15(13)17-12(22)7-19-6-11(20(24)25)9(3)18-19/h6H,5,7H2,1-4H3,(H,17,22). The molecule has 0 unspecified atom stereocenters. The van der Waals surface area contributed by atoms with Gasteiger partial charge in [-0.1, -0.05) is 0 Å². The summed E-state index contributed by atoms with van der Waals surface area (Å²) in [6.45, 7) is 5.95. The Kier molecular flexibility index (Phi) is 6.05. The highest BCUT2D eigenvalue weighted by molar-refractivity contribution is 7.18. The lowest BCUT2D eigenvalue weighted by molar-refractivity contribution is -0.385. The molecule has 2 aromatic rings. The van der Waals surface area contributed by atoms with E-state index in [0.717, 1.165) is 22.2 Å². The van der Waals surface area contributed by atoms with E-state index in [0.29, 0.717) is 10.4 Å². The van der Waals surface area contributed by atoms with Gasteiger partial charge >= 0.3 is 11.7 Å². The van der Waals surface area contributed by atoms with E-state index in [1.807, 2.05) is 0 Å². The summed E-state index contributed by atoms with van der Waals surface area (Å²) >= 11 is 0.980. The van der Waals surface area contributed by atoms with Crippen LogP contribution in [0.1, 0.15) is 45.1 Å². The van der Waals surface area contributed by atoms with Gasteiger partial charge in [-0.15, -0.1) is 11.3 Å². The number of Topliss-reactive ketones (excluding diaryl/α,β-unsaturated/α-hetero) is 1. The van der Waals surface area contributed by atoms with Crippen LogP contribution < -0.4 is 5.32 Å². The second kappa shape index (κ2) is 8.08. The number of thiophene rings is 1. The number of ether oxygens (including phenoxy) is 1. The molecule has 1 amide bonds. The monoisotopic (exact) mass is 394 g/mol. The topological polar surface area (TPSA) is 133 Å². The normalized spacial score (nSPS) is 10.5. The van der Waals surface area contributed by atoms with Crippen molar-refractivity contribution in [2.24, 2.45) is 0 Å². The van der Waals surface area contributed by atoms with E-state index < -0.39 is 16.8 Å². The average Bonchev–Trinajstić information content (AvgIpc) is 3.07. The molecule has 2 aromatic heterocycles. The molecule has 11 heteroatoms. The molecule has 0 aliphatic carbocycles. The number of nitro groups is 1. The highest BCUT2D eigenvalue weighted by Gasteiger charge is 2.25. The van der Waals surface area contributed by atoms with Gasteiger partial charge in [-0.05, 0) is 33.3 Å². The molecule has 0 aliphatic rings. The SMILES string of the molecule is CCOC(=O)c1c(NC(=O)Cn2cc([N+](=O)[O-])c(C)n2)sc(C(C)=O)c1C. The van der Waals surface area contributed by atoms with Crippen molar-refractivity contribution in [3.8, 4) is 0 Å². The van der Waals surface area contributed by atoms with Gasteiger partial charge in [-0.2, -0.15) is 5.10 Å². The van der Waals surface area contributed by atoms with Crippen LogP contribution in [0.25, 0.3) is 0 Å². The number of nitrogens with zero attached hydrogens (tertiary/aromatic N) is 3. The van der Waals surface area contributed by atoms with E-state index >= 15 is 0 Å². The Morgan fingerprint density at radius 3 is 2.56 bits per heavy atom. The van der Waals surface area contributed by atoms with Crippen LogP contribution in [0.3, 0.4) is 0 Å². The summed E-state index contributed by atoms with van der Waals surface area (Å²) < 4.78 is 6.14. The zero-order chi connectivity index (χ0) is 20.3. The molecule has 0 bridgehead atoms. The molecule has 144 valence electrons. The maximum atomic E-state index is 12.3. The first-order valence-electron chi connectivity index (χ1n) is 7.95. The van der Waals surface area contributed by atoms with Crippen molar-refractivity contribution in [1.29, 1.82) is 0 Å². The quantitative estimate of drug-likeness (QED) is 0.330. The molecule has 0 saturated carbocycles. The highest BCUT2D eigenvalue weighted by atomic mass is 32.1. The second-order valence-corrected chi connectivity index (χ2v) is 6.66. The number of nitrogens with one attached hydrogen (secondary N) is 1. The summed E-state index contributed by atoms with van der Waals surface area (Å²) in [6, 6.07) is 0. The van der Waals surface area contributed by atoms with Crippen LogP contribution in [0.5, 0.6) is 0 Å². The van der Waals surface area contributed by atoms with Crippen molar-refractivity contribution in [3.05, 3.63) is 38.0 Å². The number of anilines is 1. The minimum absolute atomic E-state index is 0.128. The zero-order valence-electron chi connectivity index (χ0n) is 15.2. The van der Waals surface area contributed by atoms with E-state index in [1.54, 1.807) is 13.8 Å². The molecule has 10 nitrogen and oxygen atoms in total. The third kappa shape index (κ3) is 4.37. The van der Waals surface area contributed by atoms with Crippen molar-refractivity contribution < 1.29 is 24.0 Å². The van der Waals surface area contributed by atoms with Crippen LogP contribution in [-0.4, -0.2) is 39.0 Å². The second-order valence-electron chi connectivity index (χ2n) is 5.64. The number of aryl methyl sites for hydroxylation is 1. The smallest absolute Gasteiger partial charge is 0.341 e. The van der Waals surface area contributed by atoms with Crippen LogP contribution in [0.4, 0.5) is 10.7 Å². The summed E-state index contributed by atoms with van der Waals surface area (Å²) in [4.78, 5) is 46.9. The lowest BCUT2D eigenvalue weighted by Crippen LogP contribution is -2.20. The molecule has 2 rings (SSSR count). The Balaban J connectivity index is 2.27. The number of esters is 1.